The van der Waals surface area contributed by atoms with Crippen LogP contribution in [-0.2, 0) is 14.8 Å². The van der Waals surface area contributed by atoms with Crippen LogP contribution in [0.3, 0.4) is 0 Å². The van der Waals surface area contributed by atoms with E-state index in [1.807, 2.05) is 19.9 Å². The molecule has 1 aliphatic heterocycles. The Morgan fingerprint density at radius 3 is 2.75 bits per heavy atom. The Kier molecular flexibility index (Phi) is 7.41. The molecule has 172 valence electrons. The summed E-state index contributed by atoms with van der Waals surface area (Å²) in [5.41, 5.74) is 0.774. The van der Waals surface area contributed by atoms with Crippen molar-refractivity contribution in [1.29, 1.82) is 0 Å². The molecule has 0 saturated carbocycles. The molecule has 1 amide bonds. The monoisotopic (exact) mass is 461 g/mol. The van der Waals surface area contributed by atoms with Gasteiger partial charge in [0.05, 0.1) is 9.82 Å². The number of carbonyl (C=O) groups excluding carboxylic acids is 1. The summed E-state index contributed by atoms with van der Waals surface area (Å²) in [6.07, 6.45) is 3.42. The molecule has 2 aromatic rings. The highest BCUT2D eigenvalue weighted by Crippen LogP contribution is 2.30. The number of rotatable bonds is 8. The molecular weight excluding hydrogens is 434 g/mol. The van der Waals surface area contributed by atoms with Crippen LogP contribution in [0.15, 0.2) is 41.4 Å². The van der Waals surface area contributed by atoms with Crippen LogP contribution in [0.5, 0.6) is 0 Å². The summed E-state index contributed by atoms with van der Waals surface area (Å²) < 4.78 is 27.3. The lowest BCUT2D eigenvalue weighted by atomic mass is 10.0. The third kappa shape index (κ3) is 5.80. The third-order valence-electron chi connectivity index (χ3n) is 5.27. The van der Waals surface area contributed by atoms with E-state index in [2.05, 4.69) is 15.6 Å². The van der Waals surface area contributed by atoms with E-state index in [4.69, 9.17) is 0 Å². The second-order valence-electron chi connectivity index (χ2n) is 7.99. The van der Waals surface area contributed by atoms with Gasteiger partial charge in [-0.1, -0.05) is 13.0 Å². The summed E-state index contributed by atoms with van der Waals surface area (Å²) in [5, 5.41) is 17.1. The number of aryl methyl sites for hydroxylation is 1. The van der Waals surface area contributed by atoms with E-state index in [1.165, 1.54) is 16.4 Å². The molecule has 0 aliphatic carbocycles. The highest BCUT2D eigenvalue weighted by Gasteiger charge is 2.30. The van der Waals surface area contributed by atoms with Crippen LogP contribution in [0.4, 0.5) is 17.2 Å². The number of carbonyl (C=O) groups is 1. The van der Waals surface area contributed by atoms with Gasteiger partial charge in [-0.3, -0.25) is 14.9 Å². The minimum Gasteiger partial charge on any atom is -0.379 e. The average Bonchev–Trinajstić information content (AvgIpc) is 2.75. The van der Waals surface area contributed by atoms with Crippen LogP contribution < -0.4 is 10.6 Å². The number of sulfonamides is 1. The first-order valence-corrected chi connectivity index (χ1v) is 11.9. The second kappa shape index (κ2) is 10.0. The Labute approximate surface area is 187 Å². The predicted octanol–water partition coefficient (Wildman–Crippen LogP) is 3.16. The van der Waals surface area contributed by atoms with Gasteiger partial charge in [0, 0.05) is 38.3 Å². The summed E-state index contributed by atoms with van der Waals surface area (Å²) in [4.78, 5) is 27.0. The summed E-state index contributed by atoms with van der Waals surface area (Å²) in [5.74, 6) is 0.374. The largest absolute Gasteiger partial charge is 0.379 e. The summed E-state index contributed by atoms with van der Waals surface area (Å²) in [6, 6.07) is 7.32. The molecule has 1 fully saturated rings. The van der Waals surface area contributed by atoms with Crippen molar-refractivity contribution in [3.63, 3.8) is 0 Å². The summed E-state index contributed by atoms with van der Waals surface area (Å²) >= 11 is 0. The molecule has 1 saturated heterocycles. The first kappa shape index (κ1) is 23.6. The highest BCUT2D eigenvalue weighted by atomic mass is 32.2. The van der Waals surface area contributed by atoms with Gasteiger partial charge < -0.3 is 10.6 Å². The van der Waals surface area contributed by atoms with Gasteiger partial charge in [0.2, 0.25) is 15.9 Å². The molecule has 1 atom stereocenters. The van der Waals surface area contributed by atoms with Crippen molar-refractivity contribution in [2.45, 2.75) is 38.0 Å². The van der Waals surface area contributed by atoms with Crippen molar-refractivity contribution < 1.29 is 18.1 Å². The molecule has 1 unspecified atom stereocenters. The second-order valence-corrected chi connectivity index (χ2v) is 9.93. The fraction of sp³-hybridized carbons (Fsp3) is 0.429. The summed E-state index contributed by atoms with van der Waals surface area (Å²) in [6.45, 7) is 4.82. The molecule has 32 heavy (non-hydrogen) atoms. The van der Waals surface area contributed by atoms with Gasteiger partial charge >= 0.3 is 0 Å². The van der Waals surface area contributed by atoms with E-state index < -0.39 is 14.9 Å². The number of nitro benzene ring substituents is 1. The maximum atomic E-state index is 12.9. The van der Waals surface area contributed by atoms with Crippen molar-refractivity contribution in [2.75, 3.05) is 30.3 Å². The molecule has 2 heterocycles. The van der Waals surface area contributed by atoms with Gasteiger partial charge in [0.25, 0.3) is 5.69 Å². The van der Waals surface area contributed by atoms with Crippen LogP contribution in [0.1, 0.15) is 31.7 Å². The number of pyridine rings is 1. The first-order chi connectivity index (χ1) is 15.2. The van der Waals surface area contributed by atoms with Crippen LogP contribution in [0.25, 0.3) is 0 Å². The number of nitrogens with zero attached hydrogens (tertiary/aromatic N) is 3. The van der Waals surface area contributed by atoms with Crippen LogP contribution in [0.2, 0.25) is 0 Å². The minimum atomic E-state index is -3.81. The maximum Gasteiger partial charge on any atom is 0.293 e. The van der Waals surface area contributed by atoms with E-state index in [1.54, 1.807) is 12.3 Å². The van der Waals surface area contributed by atoms with Gasteiger partial charge in [0.1, 0.15) is 11.5 Å². The molecule has 0 bridgehead atoms. The van der Waals surface area contributed by atoms with E-state index in [0.717, 1.165) is 24.5 Å². The molecule has 10 nitrogen and oxygen atoms in total. The number of hydrogen-bond acceptors (Lipinski definition) is 7. The molecular formula is C21H27N5O5S. The predicted molar refractivity (Wildman–Crippen MR) is 121 cm³/mol. The standard InChI is InChI=1S/C21H27N5O5S/c1-15-5-8-20(23-13-15)24-21(27)9-10-22-18-7-6-17(12-19(18)26(28)29)32(30,31)25-11-3-4-16(2)14-25/h5-8,12-13,16,22H,3-4,9-11,14H2,1-2H3,(H,23,24,27). The van der Waals surface area contributed by atoms with Gasteiger partial charge in [-0.15, -0.1) is 0 Å². The van der Waals surface area contributed by atoms with Crippen molar-refractivity contribution in [1.82, 2.24) is 9.29 Å². The van der Waals surface area contributed by atoms with Gasteiger partial charge in [-0.2, -0.15) is 4.31 Å². The van der Waals surface area contributed by atoms with Crippen molar-refractivity contribution in [3.8, 4) is 0 Å². The zero-order chi connectivity index (χ0) is 23.3. The zero-order valence-corrected chi connectivity index (χ0v) is 18.9. The molecule has 0 spiro atoms. The quantitative estimate of drug-likeness (QED) is 0.455. The third-order valence-corrected chi connectivity index (χ3v) is 7.13. The molecule has 11 heteroatoms. The van der Waals surface area contributed by atoms with E-state index >= 15 is 0 Å². The normalized spacial score (nSPS) is 17.0. The van der Waals surface area contributed by atoms with Crippen LogP contribution >= 0.6 is 0 Å². The Morgan fingerprint density at radius 2 is 2.09 bits per heavy atom. The topological polar surface area (TPSA) is 135 Å². The summed E-state index contributed by atoms with van der Waals surface area (Å²) in [7, 11) is -3.81. The molecule has 2 N–H and O–H groups in total. The number of nitrogens with one attached hydrogen (secondary N) is 2. The van der Waals surface area contributed by atoms with Crippen molar-refractivity contribution >= 4 is 33.1 Å². The van der Waals surface area contributed by atoms with Crippen molar-refractivity contribution in [2.24, 2.45) is 5.92 Å². The van der Waals surface area contributed by atoms with E-state index in [0.29, 0.717) is 18.9 Å². The lowest BCUT2D eigenvalue weighted by Crippen LogP contribution is -2.39. The fourth-order valence-electron chi connectivity index (χ4n) is 3.54. The Hall–Kier alpha value is -3.05. The molecule has 0 radical (unpaired) electrons. The number of piperidine rings is 1. The number of hydrogen-bond donors (Lipinski definition) is 2. The lowest BCUT2D eigenvalue weighted by molar-refractivity contribution is -0.384. The van der Waals surface area contributed by atoms with Gasteiger partial charge in [-0.25, -0.2) is 13.4 Å². The maximum absolute atomic E-state index is 12.9. The number of nitro groups is 1. The first-order valence-electron chi connectivity index (χ1n) is 10.4. The molecule has 3 rings (SSSR count). The van der Waals surface area contributed by atoms with Gasteiger partial charge in [-0.05, 0) is 49.4 Å². The van der Waals surface area contributed by atoms with E-state index in [-0.39, 0.29) is 41.1 Å². The average molecular weight is 462 g/mol. The number of aromatic nitrogens is 1. The van der Waals surface area contributed by atoms with Crippen molar-refractivity contribution in [3.05, 3.63) is 52.2 Å². The Morgan fingerprint density at radius 1 is 1.31 bits per heavy atom. The SMILES string of the molecule is Cc1ccc(NC(=O)CCNc2ccc(S(=O)(=O)N3CCCC(C)C3)cc2[N+](=O)[O-])nc1. The lowest BCUT2D eigenvalue weighted by Gasteiger charge is -2.30. The molecule has 1 aliphatic rings. The molecule has 1 aromatic carbocycles. The number of amides is 1. The molecule has 1 aromatic heterocycles. The zero-order valence-electron chi connectivity index (χ0n) is 18.1. The van der Waals surface area contributed by atoms with Crippen LogP contribution in [-0.4, -0.2) is 48.2 Å². The smallest absolute Gasteiger partial charge is 0.293 e. The van der Waals surface area contributed by atoms with Crippen LogP contribution in [0, 0.1) is 23.0 Å². The highest BCUT2D eigenvalue weighted by molar-refractivity contribution is 7.89. The Bertz CT molecular complexity index is 1090. The fourth-order valence-corrected chi connectivity index (χ4v) is 5.16. The number of anilines is 2. The van der Waals surface area contributed by atoms with Gasteiger partial charge in [0.15, 0.2) is 0 Å². The number of benzene rings is 1. The Balaban J connectivity index is 1.66. The van der Waals surface area contributed by atoms with E-state index in [9.17, 15) is 23.3 Å². The minimum absolute atomic E-state index is 0.0540.